The fourth-order valence-corrected chi connectivity index (χ4v) is 3.81. The van der Waals surface area contributed by atoms with Gasteiger partial charge < -0.3 is 4.90 Å². The van der Waals surface area contributed by atoms with Gasteiger partial charge in [0.1, 0.15) is 0 Å². The lowest BCUT2D eigenvalue weighted by Gasteiger charge is -2.17. The van der Waals surface area contributed by atoms with Crippen molar-refractivity contribution in [2.24, 2.45) is 17.0 Å². The summed E-state index contributed by atoms with van der Waals surface area (Å²) in [5.41, 5.74) is 0. The molecule has 0 unspecified atom stereocenters. The third-order valence-corrected chi connectivity index (χ3v) is 4.88. The molecule has 0 saturated heterocycles. The summed E-state index contributed by atoms with van der Waals surface area (Å²) in [6.45, 7) is 0. The van der Waals surface area contributed by atoms with Crippen molar-refractivity contribution in [2.45, 2.75) is 0 Å². The summed E-state index contributed by atoms with van der Waals surface area (Å²) < 4.78 is 36.0. The molecule has 1 aromatic rings. The van der Waals surface area contributed by atoms with Crippen LogP contribution in [0.5, 0.6) is 0 Å². The van der Waals surface area contributed by atoms with Crippen molar-refractivity contribution in [3.8, 4) is 0 Å². The van der Waals surface area contributed by atoms with Gasteiger partial charge in [-0.05, 0) is 26.9 Å². The van der Waals surface area contributed by atoms with Crippen LogP contribution in [0.1, 0.15) is 0 Å². The van der Waals surface area contributed by atoms with Gasteiger partial charge in [-0.15, -0.1) is 15.2 Å². The van der Waals surface area contributed by atoms with Crippen LogP contribution in [-0.2, 0) is 7.05 Å². The normalized spacial score (nSPS) is 13.1. The lowest BCUT2D eigenvalue weighted by molar-refractivity contribution is -2.00. The summed E-state index contributed by atoms with van der Waals surface area (Å²) in [6.07, 6.45) is 2.03. The summed E-state index contributed by atoms with van der Waals surface area (Å²) in [5.74, 6) is 0. The van der Waals surface area contributed by atoms with E-state index >= 15 is 0 Å². The van der Waals surface area contributed by atoms with Crippen molar-refractivity contribution in [3.63, 3.8) is 0 Å². The zero-order valence-corrected chi connectivity index (χ0v) is 14.7. The fraction of sp³-hybridized carbons (Fsp3) is 0.625. The van der Waals surface area contributed by atoms with Crippen molar-refractivity contribution in [2.75, 3.05) is 27.4 Å². The van der Waals surface area contributed by atoms with Gasteiger partial charge >= 0.3 is 9.93 Å². The maximum absolute atomic E-state index is 8.49. The number of hydrogen-bond donors (Lipinski definition) is 0. The van der Waals surface area contributed by atoms with Gasteiger partial charge in [-0.2, -0.15) is 0 Å². The van der Waals surface area contributed by atoms with Gasteiger partial charge in [-0.3, -0.25) is 0 Å². The molecule has 0 amide bonds. The van der Waals surface area contributed by atoms with Gasteiger partial charge in [-0.1, -0.05) is 16.8 Å². The van der Waals surface area contributed by atoms with Crippen LogP contribution in [0.25, 0.3) is 0 Å². The molecule has 116 valence electrons. The average molecular weight is 363 g/mol. The zero-order chi connectivity index (χ0) is 15.9. The van der Waals surface area contributed by atoms with Crippen molar-refractivity contribution in [3.05, 3.63) is 4.80 Å². The lowest BCUT2D eigenvalue weighted by Crippen LogP contribution is -2.68. The monoisotopic (exact) mass is 362 g/mol. The molecule has 0 aromatic carbocycles. The lowest BCUT2D eigenvalue weighted by atomic mass is 10.9. The Morgan fingerprint density at radius 3 is 2.05 bits per heavy atom. The van der Waals surface area contributed by atoms with E-state index in [-0.39, 0.29) is 0 Å². The predicted molar refractivity (Wildman–Crippen MR) is 69.2 cm³/mol. The van der Waals surface area contributed by atoms with E-state index in [1.165, 1.54) is 0 Å². The largest absolute Gasteiger partial charge is 0.344 e. The number of thioether (sulfide) groups is 1. The molecular formula is C8H15ClN4O4S3. The third kappa shape index (κ3) is 8.11. The first-order chi connectivity index (χ1) is 9.10. The molecule has 0 fully saturated rings. The predicted octanol–water partition coefficient (Wildman–Crippen LogP) is -3.68. The molecule has 8 nitrogen and oxygen atoms in total. The molecule has 0 bridgehead atoms. The summed E-state index contributed by atoms with van der Waals surface area (Å²) in [5, 5.41) is 1.99. The summed E-state index contributed by atoms with van der Waals surface area (Å²) in [4.78, 5) is 11.8. The molecule has 20 heavy (non-hydrogen) atoms. The fourth-order valence-electron chi connectivity index (χ4n) is 0.959. The van der Waals surface area contributed by atoms with Crippen LogP contribution in [0.15, 0.2) is 9.98 Å². The highest BCUT2D eigenvalue weighted by molar-refractivity contribution is 8.13. The molecule has 0 N–H and O–H groups in total. The summed E-state index contributed by atoms with van der Waals surface area (Å²) in [7, 11) is 6.13. The van der Waals surface area contributed by atoms with Crippen LogP contribution < -0.4 is 28.0 Å². The molecule has 0 saturated carbocycles. The van der Waals surface area contributed by atoms with Crippen LogP contribution in [0.4, 0.5) is 5.13 Å². The number of aromatic nitrogens is 1. The highest BCUT2D eigenvalue weighted by atomic mass is 35.7. The molecule has 1 rings (SSSR count). The van der Waals surface area contributed by atoms with Crippen molar-refractivity contribution in [1.29, 1.82) is 0 Å². The number of aliphatic imine (C=N–C) groups is 1. The second kappa shape index (κ2) is 8.89. The van der Waals surface area contributed by atoms with Crippen LogP contribution >= 0.6 is 32.4 Å². The first-order valence-corrected chi connectivity index (χ1v) is 9.54. The van der Waals surface area contributed by atoms with Crippen LogP contribution in [-0.4, -0.2) is 37.5 Å². The molecule has 0 radical (unpaired) electrons. The van der Waals surface area contributed by atoms with Gasteiger partial charge in [0.15, 0.2) is 0 Å². The van der Waals surface area contributed by atoms with Gasteiger partial charge in [0, 0.05) is 14.1 Å². The molecule has 12 heteroatoms. The summed E-state index contributed by atoms with van der Waals surface area (Å²) >= 11 is 1.64. The first kappa shape index (κ1) is 19.7. The number of amidine groups is 1. The Balaban J connectivity index is 0.000000621. The maximum Gasteiger partial charge on any atom is 0.334 e. The number of rotatable bonds is 1. The van der Waals surface area contributed by atoms with E-state index in [1.54, 1.807) is 39.5 Å². The number of nitrogens with zero attached hydrogens (tertiary/aromatic N) is 4. The van der Waals surface area contributed by atoms with E-state index in [0.717, 1.165) is 15.1 Å². The van der Waals surface area contributed by atoms with Crippen LogP contribution in [0.3, 0.4) is 0 Å². The zero-order valence-electron chi connectivity index (χ0n) is 11.5. The average Bonchev–Trinajstić information content (AvgIpc) is 2.64. The van der Waals surface area contributed by atoms with E-state index in [9.17, 15) is 0 Å². The van der Waals surface area contributed by atoms with E-state index in [2.05, 4.69) is 9.98 Å². The highest BCUT2D eigenvalue weighted by Gasteiger charge is 2.12. The highest BCUT2D eigenvalue weighted by Crippen LogP contribution is 2.17. The van der Waals surface area contributed by atoms with E-state index in [1.807, 2.05) is 36.9 Å². The molecule has 0 atom stereocenters. The molecular weight excluding hydrogens is 348 g/mol. The minimum absolute atomic E-state index is 0.985. The minimum Gasteiger partial charge on any atom is -0.344 e. The molecule has 0 spiro atoms. The Hall–Kier alpha value is -0.270. The van der Waals surface area contributed by atoms with Crippen LogP contribution in [0.2, 0.25) is 0 Å². The third-order valence-electron chi connectivity index (χ3n) is 1.71. The number of hydrogen-bond acceptors (Lipinski definition) is 9. The Morgan fingerprint density at radius 1 is 1.25 bits per heavy atom. The van der Waals surface area contributed by atoms with Gasteiger partial charge in [-0.25, -0.2) is 23.2 Å². The second-order valence-corrected chi connectivity index (χ2v) is 6.98. The first-order valence-electron chi connectivity index (χ1n) is 4.93. The van der Waals surface area contributed by atoms with Gasteiger partial charge in [0.25, 0.3) is 0 Å². The summed E-state index contributed by atoms with van der Waals surface area (Å²) in [6, 6.07) is 0. The SMILES string of the molecule is CN=c1ssc(N=C(SC)N(C)C)[n+]1C.[O-][Cl+3]([O-])([O-])[O-]. The van der Waals surface area contributed by atoms with Gasteiger partial charge in [0.2, 0.25) is 5.17 Å². The van der Waals surface area contributed by atoms with E-state index in [4.69, 9.17) is 18.6 Å². The Kier molecular flexibility index (Phi) is 8.77. The van der Waals surface area contributed by atoms with Crippen molar-refractivity contribution in [1.82, 2.24) is 4.90 Å². The topological polar surface area (TPSA) is 124 Å². The molecule has 0 aliphatic rings. The van der Waals surface area contributed by atoms with Crippen LogP contribution in [0, 0.1) is 10.2 Å². The van der Waals surface area contributed by atoms with E-state index in [0.29, 0.717) is 0 Å². The Morgan fingerprint density at radius 2 is 1.75 bits per heavy atom. The Bertz CT molecular complexity index is 503. The second-order valence-electron chi connectivity index (χ2n) is 3.39. The quantitative estimate of drug-likeness (QED) is 0.219. The van der Waals surface area contributed by atoms with Gasteiger partial charge in [0.05, 0.1) is 14.1 Å². The molecule has 0 aliphatic heterocycles. The minimum atomic E-state index is -4.94. The van der Waals surface area contributed by atoms with Crippen molar-refractivity contribution < 1.29 is 33.4 Å². The smallest absolute Gasteiger partial charge is 0.334 e. The van der Waals surface area contributed by atoms with Crippen molar-refractivity contribution >= 4 is 42.7 Å². The van der Waals surface area contributed by atoms with E-state index < -0.39 is 10.2 Å². The molecule has 0 aliphatic carbocycles. The molecule has 1 heterocycles. The standard InChI is InChI=1S/C8H15N4S3.ClHO4/c1-9-6-12(4)8(15-14-6)10-7(13-5)11(2)3;2-1(3,4)5/h1-5H3;(H,2,3,4,5)/q+1;/p-1. The maximum atomic E-state index is 8.49. The Labute approximate surface area is 130 Å². The molecule has 1 aromatic heterocycles. The number of halogens is 1.